The van der Waals surface area contributed by atoms with E-state index in [0.29, 0.717) is 10.4 Å². The van der Waals surface area contributed by atoms with Crippen molar-refractivity contribution in [1.82, 2.24) is 4.31 Å². The lowest BCUT2D eigenvalue weighted by molar-refractivity contribution is 0.484. The lowest BCUT2D eigenvalue weighted by Gasteiger charge is -2.17. The molecule has 1 aromatic rings. The van der Waals surface area contributed by atoms with E-state index in [9.17, 15) is 16.8 Å². The van der Waals surface area contributed by atoms with Gasteiger partial charge in [-0.15, -0.1) is 22.9 Å². The summed E-state index contributed by atoms with van der Waals surface area (Å²) in [6, 6.07) is 0. The second-order valence-electron chi connectivity index (χ2n) is 4.26. The Morgan fingerprint density at radius 1 is 1.32 bits per heavy atom. The zero-order chi connectivity index (χ0) is 14.8. The summed E-state index contributed by atoms with van der Waals surface area (Å²) in [6.07, 6.45) is 1.08. The predicted molar refractivity (Wildman–Crippen MR) is 78.1 cm³/mol. The molecule has 0 saturated heterocycles. The zero-order valence-electron chi connectivity index (χ0n) is 10.9. The molecule has 19 heavy (non-hydrogen) atoms. The van der Waals surface area contributed by atoms with Crippen molar-refractivity contribution in [3.63, 3.8) is 0 Å². The van der Waals surface area contributed by atoms with E-state index in [4.69, 9.17) is 11.6 Å². The van der Waals surface area contributed by atoms with Crippen molar-refractivity contribution in [2.45, 2.75) is 17.7 Å². The Kier molecular flexibility index (Phi) is 5.42. The topological polar surface area (TPSA) is 71.5 Å². The lowest BCUT2D eigenvalue weighted by Crippen LogP contribution is -2.32. The van der Waals surface area contributed by atoms with Gasteiger partial charge in [-0.2, -0.15) is 4.31 Å². The van der Waals surface area contributed by atoms with Crippen LogP contribution in [0.2, 0.25) is 0 Å². The van der Waals surface area contributed by atoms with Gasteiger partial charge in [-0.05, 0) is 17.9 Å². The van der Waals surface area contributed by atoms with Crippen LogP contribution in [0.25, 0.3) is 0 Å². The molecule has 0 aromatic carbocycles. The molecule has 1 aromatic heterocycles. The molecule has 9 heteroatoms. The molecular weight excluding hydrogens is 330 g/mol. The zero-order valence-corrected chi connectivity index (χ0v) is 14.1. The molecule has 1 heterocycles. The van der Waals surface area contributed by atoms with Gasteiger partial charge in [-0.1, -0.05) is 0 Å². The molecule has 0 N–H and O–H groups in total. The summed E-state index contributed by atoms with van der Waals surface area (Å²) in [4.78, 5) is 0.772. The fourth-order valence-electron chi connectivity index (χ4n) is 1.50. The summed E-state index contributed by atoms with van der Waals surface area (Å²) in [5.41, 5.74) is 0.631. The average molecular weight is 346 g/mol. The monoisotopic (exact) mass is 345 g/mol. The molecule has 0 aliphatic carbocycles. The van der Waals surface area contributed by atoms with Crippen LogP contribution >= 0.6 is 22.9 Å². The van der Waals surface area contributed by atoms with Gasteiger partial charge in [0.15, 0.2) is 0 Å². The van der Waals surface area contributed by atoms with Gasteiger partial charge in [0.25, 0.3) is 0 Å². The van der Waals surface area contributed by atoms with E-state index in [-0.39, 0.29) is 23.1 Å². The average Bonchev–Trinajstić information content (AvgIpc) is 2.66. The molecule has 0 fully saturated rings. The van der Waals surface area contributed by atoms with E-state index in [1.807, 2.05) is 0 Å². The van der Waals surface area contributed by atoms with Gasteiger partial charge in [-0.3, -0.25) is 0 Å². The first-order chi connectivity index (χ1) is 8.59. The molecule has 0 aliphatic rings. The van der Waals surface area contributed by atoms with Crippen molar-refractivity contribution in [3.05, 3.63) is 15.8 Å². The summed E-state index contributed by atoms with van der Waals surface area (Å²) in [5.74, 6) is -0.0882. The quantitative estimate of drug-likeness (QED) is 0.732. The van der Waals surface area contributed by atoms with Crippen LogP contribution < -0.4 is 0 Å². The normalized spacial score (nSPS) is 13.1. The highest BCUT2D eigenvalue weighted by Crippen LogP contribution is 2.30. The predicted octanol–water partition coefficient (Wildman–Crippen LogP) is 1.46. The minimum Gasteiger partial charge on any atom is -0.229 e. The van der Waals surface area contributed by atoms with Gasteiger partial charge in [-0.25, -0.2) is 16.8 Å². The molecule has 0 unspecified atom stereocenters. The maximum absolute atomic E-state index is 12.4. The second-order valence-corrected chi connectivity index (χ2v) is 9.73. The van der Waals surface area contributed by atoms with Gasteiger partial charge >= 0.3 is 0 Å². The van der Waals surface area contributed by atoms with E-state index >= 15 is 0 Å². The molecular formula is C10H16ClNO4S3. The first-order valence-corrected chi connectivity index (χ1v) is 10.3. The van der Waals surface area contributed by atoms with Gasteiger partial charge in [0.05, 0.1) is 11.6 Å². The summed E-state index contributed by atoms with van der Waals surface area (Å²) in [6.45, 7) is 1.63. The van der Waals surface area contributed by atoms with Gasteiger partial charge in [0.1, 0.15) is 14.7 Å². The largest absolute Gasteiger partial charge is 0.244 e. The number of hydrogen-bond acceptors (Lipinski definition) is 5. The second kappa shape index (κ2) is 6.09. The van der Waals surface area contributed by atoms with Crippen molar-refractivity contribution in [2.75, 3.05) is 25.6 Å². The Balaban J connectivity index is 3.07. The molecule has 0 spiro atoms. The Morgan fingerprint density at radius 2 is 1.89 bits per heavy atom. The van der Waals surface area contributed by atoms with Crippen LogP contribution in [-0.2, 0) is 25.7 Å². The summed E-state index contributed by atoms with van der Waals surface area (Å²) in [7, 11) is -5.53. The molecule has 0 amide bonds. The van der Waals surface area contributed by atoms with Crippen molar-refractivity contribution < 1.29 is 16.8 Å². The number of thiophene rings is 1. The molecule has 110 valence electrons. The van der Waals surface area contributed by atoms with Crippen LogP contribution in [0.15, 0.2) is 10.3 Å². The Bertz CT molecular complexity index is 648. The third kappa shape index (κ3) is 4.16. The minimum absolute atomic E-state index is 0.0713. The minimum atomic E-state index is -3.70. The fraction of sp³-hybridized carbons (Fsp3) is 0.600. The Hall–Kier alpha value is -0.150. The third-order valence-electron chi connectivity index (χ3n) is 2.56. The number of sulfone groups is 1. The van der Waals surface area contributed by atoms with E-state index in [1.165, 1.54) is 18.4 Å². The van der Waals surface area contributed by atoms with Crippen molar-refractivity contribution in [1.29, 1.82) is 0 Å². The van der Waals surface area contributed by atoms with E-state index in [0.717, 1.165) is 10.6 Å². The van der Waals surface area contributed by atoms with E-state index in [2.05, 4.69) is 0 Å². The fourth-order valence-corrected chi connectivity index (χ4v) is 5.39. The van der Waals surface area contributed by atoms with E-state index < -0.39 is 19.9 Å². The van der Waals surface area contributed by atoms with Crippen LogP contribution in [0.4, 0.5) is 0 Å². The van der Waals surface area contributed by atoms with Crippen LogP contribution in [0, 0.1) is 6.92 Å². The molecule has 1 rings (SSSR count). The molecule has 0 bridgehead atoms. The van der Waals surface area contributed by atoms with E-state index in [1.54, 1.807) is 12.3 Å². The lowest BCUT2D eigenvalue weighted by atomic mass is 10.3. The summed E-state index contributed by atoms with van der Waals surface area (Å²) >= 11 is 7.03. The Morgan fingerprint density at radius 3 is 2.37 bits per heavy atom. The highest BCUT2D eigenvalue weighted by Gasteiger charge is 2.27. The summed E-state index contributed by atoms with van der Waals surface area (Å²) in [5, 5.41) is 1.73. The molecule has 0 saturated carbocycles. The van der Waals surface area contributed by atoms with Gasteiger partial charge in [0, 0.05) is 24.7 Å². The first-order valence-electron chi connectivity index (χ1n) is 5.36. The number of halogens is 1. The van der Waals surface area contributed by atoms with Crippen LogP contribution in [0.1, 0.15) is 10.4 Å². The van der Waals surface area contributed by atoms with Gasteiger partial charge in [0.2, 0.25) is 10.0 Å². The van der Waals surface area contributed by atoms with Crippen LogP contribution in [0.5, 0.6) is 0 Å². The number of sulfonamides is 1. The third-order valence-corrected chi connectivity index (χ3v) is 7.23. The van der Waals surface area contributed by atoms with Crippen LogP contribution in [-0.4, -0.2) is 46.7 Å². The first kappa shape index (κ1) is 16.9. The number of rotatable bonds is 6. The van der Waals surface area contributed by atoms with Gasteiger partial charge < -0.3 is 0 Å². The SMILES string of the molecule is Cc1csc(CCl)c1S(=O)(=O)N(C)CCS(C)(=O)=O. The molecule has 0 aliphatic heterocycles. The van der Waals surface area contributed by atoms with Crippen molar-refractivity contribution >= 4 is 42.8 Å². The molecule has 5 nitrogen and oxygen atoms in total. The number of alkyl halides is 1. The van der Waals surface area contributed by atoms with Crippen LogP contribution in [0.3, 0.4) is 0 Å². The highest BCUT2D eigenvalue weighted by atomic mass is 35.5. The molecule has 0 radical (unpaired) electrons. The summed E-state index contributed by atoms with van der Waals surface area (Å²) < 4.78 is 48.0. The maximum Gasteiger partial charge on any atom is 0.244 e. The Labute approximate surface area is 123 Å². The van der Waals surface area contributed by atoms with Crippen molar-refractivity contribution in [2.24, 2.45) is 0 Å². The maximum atomic E-state index is 12.4. The number of aryl methyl sites for hydroxylation is 1. The molecule has 0 atom stereocenters. The standard InChI is InChI=1S/C10H16ClNO4S3/c1-8-7-17-9(6-11)10(8)19(15,16)12(2)4-5-18(3,13)14/h7H,4-6H2,1-3H3. The highest BCUT2D eigenvalue weighted by molar-refractivity contribution is 7.91. The number of nitrogens with zero attached hydrogens (tertiary/aromatic N) is 1. The smallest absolute Gasteiger partial charge is 0.229 e. The van der Waals surface area contributed by atoms with Crippen molar-refractivity contribution in [3.8, 4) is 0 Å². The number of hydrogen-bond donors (Lipinski definition) is 0.